The van der Waals surface area contributed by atoms with Crippen LogP contribution >= 0.6 is 0 Å². The molecule has 1 aliphatic heterocycles. The molecule has 2 heterocycles. The summed E-state index contributed by atoms with van der Waals surface area (Å²) >= 11 is 0. The van der Waals surface area contributed by atoms with Gasteiger partial charge in [-0.05, 0) is 37.8 Å². The SMILES string of the molecule is CC(N)C1CCN(C(=O)CCn2c(=O)[nH]c(=O)c3ccccc32)CC1. The predicted molar refractivity (Wildman–Crippen MR) is 96.4 cm³/mol. The van der Waals surface area contributed by atoms with Gasteiger partial charge in [0.05, 0.1) is 10.9 Å². The standard InChI is InChI=1S/C18H24N4O3/c1-12(19)13-6-9-21(10-7-13)16(23)8-11-22-15-5-3-2-4-14(15)17(24)20-18(22)25/h2-5,12-13H,6-11,19H2,1H3,(H,20,24,25). The van der Waals surface area contributed by atoms with E-state index in [1.165, 1.54) is 4.57 Å². The number of nitrogens with two attached hydrogens (primary N) is 1. The average molecular weight is 344 g/mol. The van der Waals surface area contributed by atoms with E-state index in [2.05, 4.69) is 4.98 Å². The van der Waals surface area contributed by atoms with Crippen molar-refractivity contribution >= 4 is 16.8 Å². The molecule has 1 aromatic carbocycles. The largest absolute Gasteiger partial charge is 0.343 e. The normalized spacial score (nSPS) is 17.0. The summed E-state index contributed by atoms with van der Waals surface area (Å²) in [4.78, 5) is 40.6. The number of piperidine rings is 1. The number of hydrogen-bond donors (Lipinski definition) is 2. The van der Waals surface area contributed by atoms with E-state index in [1.54, 1.807) is 24.3 Å². The maximum Gasteiger partial charge on any atom is 0.328 e. The van der Waals surface area contributed by atoms with E-state index in [0.29, 0.717) is 29.9 Å². The smallest absolute Gasteiger partial charge is 0.328 e. The third-order valence-electron chi connectivity index (χ3n) is 5.09. The van der Waals surface area contributed by atoms with Gasteiger partial charge in [-0.25, -0.2) is 4.79 Å². The van der Waals surface area contributed by atoms with Crippen molar-refractivity contribution in [3.63, 3.8) is 0 Å². The maximum atomic E-state index is 12.5. The molecule has 1 atom stereocenters. The van der Waals surface area contributed by atoms with Gasteiger partial charge in [-0.15, -0.1) is 0 Å². The Labute approximate surface area is 145 Å². The molecule has 1 saturated heterocycles. The molecule has 0 saturated carbocycles. The number of nitrogens with one attached hydrogen (secondary N) is 1. The van der Waals surface area contributed by atoms with E-state index in [9.17, 15) is 14.4 Å². The highest BCUT2D eigenvalue weighted by Crippen LogP contribution is 2.20. The highest BCUT2D eigenvalue weighted by molar-refractivity contribution is 5.79. The molecule has 0 radical (unpaired) electrons. The quantitative estimate of drug-likeness (QED) is 0.851. The Kier molecular flexibility index (Phi) is 5.03. The van der Waals surface area contributed by atoms with Gasteiger partial charge in [-0.1, -0.05) is 12.1 Å². The van der Waals surface area contributed by atoms with Crippen LogP contribution in [0.25, 0.3) is 10.9 Å². The van der Waals surface area contributed by atoms with Gasteiger partial charge in [0, 0.05) is 32.1 Å². The maximum absolute atomic E-state index is 12.5. The highest BCUT2D eigenvalue weighted by Gasteiger charge is 2.24. The molecule has 25 heavy (non-hydrogen) atoms. The van der Waals surface area contributed by atoms with Crippen LogP contribution in [0.4, 0.5) is 0 Å². The zero-order valence-corrected chi connectivity index (χ0v) is 14.4. The molecule has 0 spiro atoms. The number of H-pyrrole nitrogens is 1. The Morgan fingerprint density at radius 2 is 1.96 bits per heavy atom. The van der Waals surface area contributed by atoms with Gasteiger partial charge in [-0.2, -0.15) is 0 Å². The third kappa shape index (κ3) is 3.66. The van der Waals surface area contributed by atoms with Crippen molar-refractivity contribution in [3.05, 3.63) is 45.1 Å². The molecule has 3 rings (SSSR count). The number of aryl methyl sites for hydroxylation is 1. The van der Waals surface area contributed by atoms with Crippen LogP contribution in [-0.4, -0.2) is 39.5 Å². The number of carbonyl (C=O) groups excluding carboxylic acids is 1. The van der Waals surface area contributed by atoms with Gasteiger partial charge >= 0.3 is 5.69 Å². The van der Waals surface area contributed by atoms with Gasteiger partial charge in [0.2, 0.25) is 5.91 Å². The molecule has 1 fully saturated rings. The van der Waals surface area contributed by atoms with Crippen molar-refractivity contribution in [3.8, 4) is 0 Å². The van der Waals surface area contributed by atoms with Gasteiger partial charge < -0.3 is 10.6 Å². The van der Waals surface area contributed by atoms with Crippen molar-refractivity contribution in [1.29, 1.82) is 0 Å². The zero-order valence-electron chi connectivity index (χ0n) is 14.4. The first kappa shape index (κ1) is 17.4. The van der Waals surface area contributed by atoms with Crippen molar-refractivity contribution in [2.75, 3.05) is 13.1 Å². The topological polar surface area (TPSA) is 101 Å². The lowest BCUT2D eigenvalue weighted by Gasteiger charge is -2.33. The first-order chi connectivity index (χ1) is 12.0. The Morgan fingerprint density at radius 3 is 2.64 bits per heavy atom. The van der Waals surface area contributed by atoms with Crippen LogP contribution in [0, 0.1) is 5.92 Å². The molecule has 1 unspecified atom stereocenters. The molecule has 2 aromatic rings. The molecular weight excluding hydrogens is 320 g/mol. The molecule has 3 N–H and O–H groups in total. The van der Waals surface area contributed by atoms with E-state index in [1.807, 2.05) is 11.8 Å². The van der Waals surface area contributed by atoms with E-state index in [0.717, 1.165) is 12.8 Å². The summed E-state index contributed by atoms with van der Waals surface area (Å²) in [6, 6.07) is 7.08. The Balaban J connectivity index is 1.70. The van der Waals surface area contributed by atoms with Crippen LogP contribution < -0.4 is 17.0 Å². The van der Waals surface area contributed by atoms with Crippen molar-refractivity contribution in [2.45, 2.75) is 38.8 Å². The van der Waals surface area contributed by atoms with Crippen molar-refractivity contribution in [2.24, 2.45) is 11.7 Å². The van der Waals surface area contributed by atoms with Gasteiger partial charge in [0.25, 0.3) is 5.56 Å². The molecule has 1 amide bonds. The lowest BCUT2D eigenvalue weighted by molar-refractivity contribution is -0.132. The number of para-hydroxylation sites is 1. The molecule has 7 heteroatoms. The third-order valence-corrected chi connectivity index (χ3v) is 5.09. The Bertz CT molecular complexity index is 876. The number of carbonyl (C=O) groups is 1. The van der Waals surface area contributed by atoms with Crippen molar-refractivity contribution in [1.82, 2.24) is 14.5 Å². The molecule has 0 aliphatic carbocycles. The fourth-order valence-electron chi connectivity index (χ4n) is 3.50. The number of amides is 1. The lowest BCUT2D eigenvalue weighted by atomic mass is 9.91. The fourth-order valence-corrected chi connectivity index (χ4v) is 3.50. The summed E-state index contributed by atoms with van der Waals surface area (Å²) in [7, 11) is 0. The van der Waals surface area contributed by atoms with Crippen LogP contribution in [0.1, 0.15) is 26.2 Å². The Morgan fingerprint density at radius 1 is 1.28 bits per heavy atom. The number of benzene rings is 1. The van der Waals surface area contributed by atoms with Crippen LogP contribution in [0.15, 0.2) is 33.9 Å². The number of aromatic amines is 1. The number of rotatable bonds is 4. The Hall–Kier alpha value is -2.41. The van der Waals surface area contributed by atoms with Crippen LogP contribution in [-0.2, 0) is 11.3 Å². The first-order valence-corrected chi connectivity index (χ1v) is 8.72. The zero-order chi connectivity index (χ0) is 18.0. The molecule has 0 bridgehead atoms. The van der Waals surface area contributed by atoms with Gasteiger partial charge in [-0.3, -0.25) is 19.1 Å². The summed E-state index contributed by atoms with van der Waals surface area (Å²) in [5.41, 5.74) is 5.61. The predicted octanol–water partition coefficient (Wildman–Crippen LogP) is 0.666. The minimum Gasteiger partial charge on any atom is -0.343 e. The van der Waals surface area contributed by atoms with Gasteiger partial charge in [0.15, 0.2) is 0 Å². The fraction of sp³-hybridized carbons (Fsp3) is 0.500. The van der Waals surface area contributed by atoms with E-state index in [4.69, 9.17) is 5.73 Å². The summed E-state index contributed by atoms with van der Waals surface area (Å²) < 4.78 is 1.46. The second-order valence-corrected chi connectivity index (χ2v) is 6.76. The lowest BCUT2D eigenvalue weighted by Crippen LogP contribution is -2.43. The van der Waals surface area contributed by atoms with Crippen LogP contribution in [0.3, 0.4) is 0 Å². The number of likely N-dealkylation sites (tertiary alicyclic amines) is 1. The molecule has 1 aromatic heterocycles. The minimum atomic E-state index is -0.479. The van der Waals surface area contributed by atoms with E-state index >= 15 is 0 Å². The van der Waals surface area contributed by atoms with Crippen LogP contribution in [0.2, 0.25) is 0 Å². The number of nitrogens with zero attached hydrogens (tertiary/aromatic N) is 2. The number of hydrogen-bond acceptors (Lipinski definition) is 4. The molecule has 1 aliphatic rings. The number of fused-ring (bicyclic) bond motifs is 1. The highest BCUT2D eigenvalue weighted by atomic mass is 16.2. The first-order valence-electron chi connectivity index (χ1n) is 8.72. The molecule has 7 nitrogen and oxygen atoms in total. The second-order valence-electron chi connectivity index (χ2n) is 6.76. The van der Waals surface area contributed by atoms with E-state index in [-0.39, 0.29) is 24.9 Å². The van der Waals surface area contributed by atoms with E-state index < -0.39 is 11.2 Å². The number of aromatic nitrogens is 2. The second kappa shape index (κ2) is 7.23. The van der Waals surface area contributed by atoms with Gasteiger partial charge in [0.1, 0.15) is 0 Å². The monoisotopic (exact) mass is 344 g/mol. The van der Waals surface area contributed by atoms with Crippen molar-refractivity contribution < 1.29 is 4.79 Å². The summed E-state index contributed by atoms with van der Waals surface area (Å²) in [6.07, 6.45) is 2.08. The summed E-state index contributed by atoms with van der Waals surface area (Å²) in [5.74, 6) is 0.500. The molecule has 134 valence electrons. The summed E-state index contributed by atoms with van der Waals surface area (Å²) in [5, 5.41) is 0.451. The van der Waals surface area contributed by atoms with Crippen LogP contribution in [0.5, 0.6) is 0 Å². The summed E-state index contributed by atoms with van der Waals surface area (Å²) in [6.45, 7) is 3.69. The molecular formula is C18H24N4O3. The average Bonchev–Trinajstić information content (AvgIpc) is 2.61. The minimum absolute atomic E-state index is 0.0327.